The van der Waals surface area contributed by atoms with Gasteiger partial charge in [-0.2, -0.15) is 0 Å². The van der Waals surface area contributed by atoms with Gasteiger partial charge in [0.1, 0.15) is 18.8 Å². The molecule has 2 amide bonds. The van der Waals surface area contributed by atoms with E-state index in [0.29, 0.717) is 17.5 Å². The third-order valence-corrected chi connectivity index (χ3v) is 7.19. The van der Waals surface area contributed by atoms with Gasteiger partial charge in [-0.3, -0.25) is 10.2 Å². The molecule has 0 aromatic heterocycles. The molecule has 2 heterocycles. The first-order chi connectivity index (χ1) is 14.4. The fraction of sp³-hybridized carbons (Fsp3) is 0.524. The molecule has 2 aliphatic heterocycles. The van der Waals surface area contributed by atoms with Crippen LogP contribution in [0.1, 0.15) is 17.5 Å². The first-order valence-corrected chi connectivity index (χ1v) is 10.2. The van der Waals surface area contributed by atoms with Crippen molar-refractivity contribution in [2.24, 2.45) is 11.8 Å². The van der Waals surface area contributed by atoms with Gasteiger partial charge in [-0.15, -0.1) is 24.8 Å². The Hall–Kier alpha value is -2.04. The number of carbonyl (C=O) groups is 2. The van der Waals surface area contributed by atoms with Crippen LogP contribution in [0.5, 0.6) is 11.5 Å². The molecule has 0 saturated carbocycles. The summed E-state index contributed by atoms with van der Waals surface area (Å²) < 4.78 is 11.9. The molecule has 1 saturated heterocycles. The molecule has 9 nitrogen and oxygen atoms in total. The number of amides is 2. The standard InChI is InChI=1S/C21H26N4O5.2ClH/c1-24-8-7-21-12-4-5-14(26)19(21)30-18-15(6-3-11(17(18)21)9-13(12)24)29-20(28)25(2)10-16(27)23-22;;/h3-6,12-14,19,26H,7-10,22H2,1-2H3,(H,23,27);2*1H/t12?,13?,14-,19-,21-;;/m0../s1. The van der Waals surface area contributed by atoms with E-state index in [0.717, 1.165) is 29.8 Å². The van der Waals surface area contributed by atoms with Crippen LogP contribution in [0, 0.1) is 5.92 Å². The molecular formula is C21H28Cl2N4O5. The monoisotopic (exact) mass is 486 g/mol. The van der Waals surface area contributed by atoms with Gasteiger partial charge in [0.15, 0.2) is 11.5 Å². The minimum absolute atomic E-state index is 0. The Morgan fingerprint density at radius 2 is 2.12 bits per heavy atom. The smallest absolute Gasteiger partial charge is 0.415 e. The van der Waals surface area contributed by atoms with Crippen molar-refractivity contribution in [2.45, 2.75) is 36.5 Å². The first kappa shape index (κ1) is 24.6. The summed E-state index contributed by atoms with van der Waals surface area (Å²) >= 11 is 0. The van der Waals surface area contributed by atoms with Crippen LogP contribution in [-0.4, -0.2) is 72.3 Å². The lowest BCUT2D eigenvalue weighted by molar-refractivity contribution is -0.121. The molecule has 4 N–H and O–H groups in total. The fourth-order valence-electron chi connectivity index (χ4n) is 5.81. The Kier molecular flexibility index (Phi) is 6.70. The van der Waals surface area contributed by atoms with E-state index in [1.807, 2.05) is 17.6 Å². The van der Waals surface area contributed by atoms with Crippen LogP contribution in [0.4, 0.5) is 4.79 Å². The average molecular weight is 487 g/mol. The first-order valence-electron chi connectivity index (χ1n) is 10.2. The summed E-state index contributed by atoms with van der Waals surface area (Å²) in [5.41, 5.74) is 3.92. The predicted octanol–water partition coefficient (Wildman–Crippen LogP) is 0.757. The SMILES string of the molecule is CN(CC(=O)NN)C(=O)Oc1ccc2c3c1O[C@H]1[C@@H](O)C=CC4C(C2)N(C)CC[C@@]341.Cl.Cl. The number of halogens is 2. The number of likely N-dealkylation sites (tertiary alicyclic amines) is 1. The maximum atomic E-state index is 12.5. The van der Waals surface area contributed by atoms with Crippen LogP contribution in [0.15, 0.2) is 24.3 Å². The Labute approximate surface area is 198 Å². The molecule has 176 valence electrons. The lowest BCUT2D eigenvalue weighted by Gasteiger charge is -2.56. The van der Waals surface area contributed by atoms with Crippen LogP contribution in [0.2, 0.25) is 0 Å². The summed E-state index contributed by atoms with van der Waals surface area (Å²) in [6.45, 7) is 0.698. The van der Waals surface area contributed by atoms with Crippen molar-refractivity contribution in [3.8, 4) is 11.5 Å². The molecule has 4 aliphatic rings. The van der Waals surface area contributed by atoms with Crippen molar-refractivity contribution < 1.29 is 24.2 Å². The number of aliphatic hydroxyl groups excluding tert-OH is 1. The molecule has 5 atom stereocenters. The molecule has 1 fully saturated rings. The zero-order valence-electron chi connectivity index (χ0n) is 17.8. The van der Waals surface area contributed by atoms with Gasteiger partial charge in [0.05, 0.1) is 0 Å². The number of likely N-dealkylation sites (N-methyl/N-ethyl adjacent to an activating group) is 2. The third kappa shape index (κ3) is 3.34. The number of hydrogen-bond donors (Lipinski definition) is 3. The van der Waals surface area contributed by atoms with E-state index >= 15 is 0 Å². The average Bonchev–Trinajstić information content (AvgIpc) is 3.08. The summed E-state index contributed by atoms with van der Waals surface area (Å²) in [4.78, 5) is 27.5. The number of aliphatic hydroxyl groups is 1. The molecule has 32 heavy (non-hydrogen) atoms. The Balaban J connectivity index is 0.00000144. The molecule has 5 rings (SSSR count). The number of nitrogens with zero attached hydrogens (tertiary/aromatic N) is 2. The van der Waals surface area contributed by atoms with Gasteiger partial charge in [0.2, 0.25) is 0 Å². The fourth-order valence-corrected chi connectivity index (χ4v) is 5.81. The number of nitrogens with one attached hydrogen (secondary N) is 1. The van der Waals surface area contributed by atoms with Crippen molar-refractivity contribution in [2.75, 3.05) is 27.2 Å². The van der Waals surface area contributed by atoms with Crippen molar-refractivity contribution in [1.82, 2.24) is 15.2 Å². The van der Waals surface area contributed by atoms with E-state index in [9.17, 15) is 14.7 Å². The molecule has 1 aromatic rings. The molecule has 2 unspecified atom stereocenters. The number of rotatable bonds is 3. The van der Waals surface area contributed by atoms with E-state index in [2.05, 4.69) is 18.0 Å². The topological polar surface area (TPSA) is 117 Å². The van der Waals surface area contributed by atoms with Crippen molar-refractivity contribution in [3.05, 3.63) is 35.4 Å². The summed E-state index contributed by atoms with van der Waals surface area (Å²) in [6, 6.07) is 4.09. The number of hydrazine groups is 1. The van der Waals surface area contributed by atoms with Gasteiger partial charge in [-0.25, -0.2) is 10.6 Å². The van der Waals surface area contributed by atoms with Gasteiger partial charge in [0.25, 0.3) is 5.91 Å². The molecule has 1 spiro atoms. The summed E-state index contributed by atoms with van der Waals surface area (Å²) in [5, 5.41) is 10.7. The second kappa shape index (κ2) is 8.72. The maximum absolute atomic E-state index is 12.5. The number of benzene rings is 1. The van der Waals surface area contributed by atoms with Gasteiger partial charge >= 0.3 is 6.09 Å². The van der Waals surface area contributed by atoms with Crippen molar-refractivity contribution >= 4 is 36.8 Å². The normalized spacial score (nSPS) is 30.8. The van der Waals surface area contributed by atoms with Gasteiger partial charge in [-0.1, -0.05) is 18.2 Å². The molecule has 0 radical (unpaired) electrons. The van der Waals surface area contributed by atoms with Crippen LogP contribution in [0.25, 0.3) is 0 Å². The van der Waals surface area contributed by atoms with Gasteiger partial charge in [-0.05, 0) is 38.1 Å². The van der Waals surface area contributed by atoms with Crippen molar-refractivity contribution in [3.63, 3.8) is 0 Å². The quantitative estimate of drug-likeness (QED) is 0.249. The Bertz CT molecular complexity index is 960. The highest BCUT2D eigenvalue weighted by Gasteiger charge is 2.64. The number of ether oxygens (including phenoxy) is 2. The molecule has 2 bridgehead atoms. The van der Waals surface area contributed by atoms with E-state index in [4.69, 9.17) is 15.3 Å². The van der Waals surface area contributed by atoms with E-state index < -0.39 is 24.2 Å². The van der Waals surface area contributed by atoms with Gasteiger partial charge in [0, 0.05) is 30.0 Å². The van der Waals surface area contributed by atoms with Crippen LogP contribution in [-0.2, 0) is 16.6 Å². The second-order valence-corrected chi connectivity index (χ2v) is 8.70. The number of nitrogens with two attached hydrogens (primary N) is 1. The predicted molar refractivity (Wildman–Crippen MR) is 121 cm³/mol. The zero-order chi connectivity index (χ0) is 21.2. The molecule has 11 heteroatoms. The minimum Gasteiger partial charge on any atom is -0.482 e. The number of piperidine rings is 1. The largest absolute Gasteiger partial charge is 0.482 e. The number of hydrogen-bond acceptors (Lipinski definition) is 7. The molecular weight excluding hydrogens is 459 g/mol. The molecule has 2 aliphatic carbocycles. The lowest BCUT2D eigenvalue weighted by atomic mass is 9.53. The Morgan fingerprint density at radius 3 is 2.84 bits per heavy atom. The zero-order valence-corrected chi connectivity index (χ0v) is 19.4. The highest BCUT2D eigenvalue weighted by Crippen LogP contribution is 2.62. The summed E-state index contributed by atoms with van der Waals surface area (Å²) in [6.07, 6.45) is 3.92. The summed E-state index contributed by atoms with van der Waals surface area (Å²) in [7, 11) is 3.61. The van der Waals surface area contributed by atoms with Gasteiger partial charge < -0.3 is 24.4 Å². The number of carbonyl (C=O) groups excluding carboxylic acids is 2. The van der Waals surface area contributed by atoms with E-state index in [1.54, 1.807) is 6.07 Å². The lowest BCUT2D eigenvalue weighted by Crippen LogP contribution is -2.64. The highest BCUT2D eigenvalue weighted by molar-refractivity contribution is 5.85. The third-order valence-electron chi connectivity index (χ3n) is 7.19. The van der Waals surface area contributed by atoms with Crippen LogP contribution >= 0.6 is 24.8 Å². The highest BCUT2D eigenvalue weighted by atomic mass is 35.5. The van der Waals surface area contributed by atoms with E-state index in [-0.39, 0.29) is 42.7 Å². The van der Waals surface area contributed by atoms with Crippen LogP contribution in [0.3, 0.4) is 0 Å². The Morgan fingerprint density at radius 1 is 1.38 bits per heavy atom. The molecule has 1 aromatic carbocycles. The van der Waals surface area contributed by atoms with Crippen molar-refractivity contribution in [1.29, 1.82) is 0 Å². The maximum Gasteiger partial charge on any atom is 0.415 e. The van der Waals surface area contributed by atoms with Crippen LogP contribution < -0.4 is 20.7 Å². The van der Waals surface area contributed by atoms with E-state index in [1.165, 1.54) is 12.6 Å². The minimum atomic E-state index is -0.719. The second-order valence-electron chi connectivity index (χ2n) is 8.70. The summed E-state index contributed by atoms with van der Waals surface area (Å²) in [5.74, 6) is 5.68.